The van der Waals surface area contributed by atoms with Crippen LogP contribution in [-0.2, 0) is 0 Å². The highest BCUT2D eigenvalue weighted by Crippen LogP contribution is 2.28. The number of ketones is 1. The number of Topliss-reactive ketones (excluding diaryl/α,β-unsaturated/α-hetero) is 1. The number of allylic oxidation sites excluding steroid dienone is 1. The number of ether oxygens (including phenoxy) is 1. The Kier molecular flexibility index (Phi) is 3.12. The molecule has 2 rings (SSSR count). The van der Waals surface area contributed by atoms with Crippen LogP contribution in [0.1, 0.15) is 22.8 Å². The van der Waals surface area contributed by atoms with Crippen molar-refractivity contribution in [1.29, 1.82) is 0 Å². The maximum Gasteiger partial charge on any atom is 0.513 e. The summed E-state index contributed by atoms with van der Waals surface area (Å²) in [5.74, 6) is -0.275. The average molecular weight is 260 g/mol. The highest BCUT2D eigenvalue weighted by atomic mass is 16.7. The summed E-state index contributed by atoms with van der Waals surface area (Å²) in [6, 6.07) is 4.73. The van der Waals surface area contributed by atoms with E-state index in [-0.39, 0.29) is 11.7 Å². The molecule has 1 N–H and O–H groups in total. The Labute approximate surface area is 109 Å². The van der Waals surface area contributed by atoms with Crippen LogP contribution >= 0.6 is 0 Å². The summed E-state index contributed by atoms with van der Waals surface area (Å²) in [4.78, 5) is 22.4. The number of carbonyl (C=O) groups is 2. The first-order valence-electron chi connectivity index (χ1n) is 5.53. The van der Waals surface area contributed by atoms with Gasteiger partial charge in [-0.15, -0.1) is 0 Å². The van der Waals surface area contributed by atoms with Crippen LogP contribution in [0.15, 0.2) is 34.8 Å². The third kappa shape index (κ3) is 2.49. The van der Waals surface area contributed by atoms with Crippen molar-refractivity contribution in [1.82, 2.24) is 0 Å². The monoisotopic (exact) mass is 260 g/mol. The standard InChI is InChI=1S/C14H12O5/c1-7(2)13(15)10-5-9-6-12(19-14(16)17)18-11(9)4-8(10)3/h4-6H,1H2,2-3H3,(H,16,17). The SMILES string of the molecule is C=C(C)C(=O)c1cc2cc(OC(=O)O)oc2cc1C. The van der Waals surface area contributed by atoms with Gasteiger partial charge >= 0.3 is 6.16 Å². The molecule has 0 unspecified atom stereocenters. The lowest BCUT2D eigenvalue weighted by atomic mass is 9.99. The fourth-order valence-corrected chi connectivity index (χ4v) is 1.78. The zero-order valence-electron chi connectivity index (χ0n) is 10.5. The molecule has 0 bridgehead atoms. The van der Waals surface area contributed by atoms with Gasteiger partial charge in [0, 0.05) is 17.0 Å². The van der Waals surface area contributed by atoms with Crippen LogP contribution in [0.3, 0.4) is 0 Å². The summed E-state index contributed by atoms with van der Waals surface area (Å²) in [5, 5.41) is 9.12. The Morgan fingerprint density at radius 3 is 2.58 bits per heavy atom. The summed E-state index contributed by atoms with van der Waals surface area (Å²) in [5.41, 5.74) is 2.15. The molecule has 0 atom stereocenters. The predicted octanol–water partition coefficient (Wildman–Crippen LogP) is 3.56. The average Bonchev–Trinajstić information content (AvgIpc) is 2.66. The van der Waals surface area contributed by atoms with Gasteiger partial charge in [0.15, 0.2) is 5.78 Å². The maximum absolute atomic E-state index is 11.9. The quantitative estimate of drug-likeness (QED) is 0.518. The molecule has 5 heteroatoms. The Balaban J connectivity index is 2.52. The first-order valence-corrected chi connectivity index (χ1v) is 5.53. The molecular weight excluding hydrogens is 248 g/mol. The summed E-state index contributed by atoms with van der Waals surface area (Å²) < 4.78 is 9.65. The molecule has 0 aliphatic rings. The minimum atomic E-state index is -1.45. The lowest BCUT2D eigenvalue weighted by molar-refractivity contribution is 0.103. The fourth-order valence-electron chi connectivity index (χ4n) is 1.78. The Bertz CT molecular complexity index is 693. The van der Waals surface area contributed by atoms with Crippen molar-refractivity contribution in [2.75, 3.05) is 0 Å². The van der Waals surface area contributed by atoms with E-state index < -0.39 is 6.16 Å². The highest BCUT2D eigenvalue weighted by Gasteiger charge is 2.14. The minimum Gasteiger partial charge on any atom is -0.449 e. The smallest absolute Gasteiger partial charge is 0.449 e. The van der Waals surface area contributed by atoms with Gasteiger partial charge in [0.25, 0.3) is 5.95 Å². The van der Waals surface area contributed by atoms with Crippen LogP contribution in [0.25, 0.3) is 11.0 Å². The van der Waals surface area contributed by atoms with E-state index in [0.29, 0.717) is 22.1 Å². The molecule has 0 fully saturated rings. The van der Waals surface area contributed by atoms with Gasteiger partial charge in [-0.05, 0) is 37.1 Å². The second-order valence-electron chi connectivity index (χ2n) is 4.25. The zero-order valence-corrected chi connectivity index (χ0v) is 10.5. The first-order chi connectivity index (χ1) is 8.88. The van der Waals surface area contributed by atoms with Crippen LogP contribution in [-0.4, -0.2) is 17.0 Å². The van der Waals surface area contributed by atoms with Crippen molar-refractivity contribution >= 4 is 22.9 Å². The van der Waals surface area contributed by atoms with Gasteiger partial charge in [0.05, 0.1) is 0 Å². The molecule has 19 heavy (non-hydrogen) atoms. The van der Waals surface area contributed by atoms with Crippen molar-refractivity contribution in [3.05, 3.63) is 41.5 Å². The maximum atomic E-state index is 11.9. The lowest BCUT2D eigenvalue weighted by Crippen LogP contribution is -2.01. The normalized spacial score (nSPS) is 10.4. The molecular formula is C14H12O5. The Morgan fingerprint density at radius 2 is 2.00 bits per heavy atom. The van der Waals surface area contributed by atoms with Gasteiger partial charge in [0.1, 0.15) is 5.58 Å². The lowest BCUT2D eigenvalue weighted by Gasteiger charge is -2.04. The van der Waals surface area contributed by atoms with E-state index >= 15 is 0 Å². The number of fused-ring (bicyclic) bond motifs is 1. The number of benzene rings is 1. The van der Waals surface area contributed by atoms with Crippen molar-refractivity contribution in [2.45, 2.75) is 13.8 Å². The zero-order chi connectivity index (χ0) is 14.2. The molecule has 98 valence electrons. The summed E-state index contributed by atoms with van der Waals surface area (Å²) >= 11 is 0. The highest BCUT2D eigenvalue weighted by molar-refractivity contribution is 6.10. The van der Waals surface area contributed by atoms with E-state index in [0.717, 1.165) is 5.56 Å². The van der Waals surface area contributed by atoms with Crippen molar-refractivity contribution in [3.63, 3.8) is 0 Å². The molecule has 1 heterocycles. The van der Waals surface area contributed by atoms with E-state index in [2.05, 4.69) is 11.3 Å². The molecule has 0 aliphatic heterocycles. The number of hydrogen-bond donors (Lipinski definition) is 1. The van der Waals surface area contributed by atoms with E-state index in [9.17, 15) is 9.59 Å². The van der Waals surface area contributed by atoms with Crippen LogP contribution in [0, 0.1) is 6.92 Å². The largest absolute Gasteiger partial charge is 0.513 e. The number of hydrogen-bond acceptors (Lipinski definition) is 4. The minimum absolute atomic E-state index is 0.123. The third-order valence-electron chi connectivity index (χ3n) is 2.66. The van der Waals surface area contributed by atoms with Crippen molar-refractivity contribution < 1.29 is 23.8 Å². The summed E-state index contributed by atoms with van der Waals surface area (Å²) in [6.07, 6.45) is -1.45. The molecule has 2 aromatic rings. The van der Waals surface area contributed by atoms with E-state index in [1.807, 2.05) is 0 Å². The fraction of sp³-hybridized carbons (Fsp3) is 0.143. The van der Waals surface area contributed by atoms with Gasteiger partial charge in [0.2, 0.25) is 0 Å². The molecule has 1 aromatic carbocycles. The Morgan fingerprint density at radius 1 is 1.32 bits per heavy atom. The number of carbonyl (C=O) groups excluding carboxylic acids is 1. The van der Waals surface area contributed by atoms with Crippen molar-refractivity contribution in [3.8, 4) is 5.95 Å². The molecule has 0 saturated heterocycles. The third-order valence-corrected chi connectivity index (χ3v) is 2.66. The van der Waals surface area contributed by atoms with Crippen LogP contribution < -0.4 is 4.74 Å². The molecule has 0 amide bonds. The van der Waals surface area contributed by atoms with E-state index in [1.54, 1.807) is 26.0 Å². The van der Waals surface area contributed by atoms with Gasteiger partial charge in [-0.25, -0.2) is 4.79 Å². The number of carboxylic acid groups (broad SMARTS) is 1. The molecule has 1 aromatic heterocycles. The Hall–Kier alpha value is -2.56. The predicted molar refractivity (Wildman–Crippen MR) is 68.7 cm³/mol. The second-order valence-corrected chi connectivity index (χ2v) is 4.25. The van der Waals surface area contributed by atoms with Crippen LogP contribution in [0.4, 0.5) is 4.79 Å². The van der Waals surface area contributed by atoms with Crippen LogP contribution in [0.2, 0.25) is 0 Å². The van der Waals surface area contributed by atoms with E-state index in [4.69, 9.17) is 9.52 Å². The summed E-state index contributed by atoms with van der Waals surface area (Å²) in [6.45, 7) is 7.03. The van der Waals surface area contributed by atoms with Crippen LogP contribution in [0.5, 0.6) is 5.95 Å². The molecule has 0 aliphatic carbocycles. The number of aryl methyl sites for hydroxylation is 1. The topological polar surface area (TPSA) is 76.7 Å². The second kappa shape index (κ2) is 4.61. The van der Waals surface area contributed by atoms with Gasteiger partial charge < -0.3 is 14.3 Å². The number of furan rings is 1. The van der Waals surface area contributed by atoms with E-state index in [1.165, 1.54) is 6.07 Å². The van der Waals surface area contributed by atoms with Gasteiger partial charge in [-0.2, -0.15) is 0 Å². The molecule has 0 saturated carbocycles. The van der Waals surface area contributed by atoms with Crippen molar-refractivity contribution in [2.24, 2.45) is 0 Å². The first kappa shape index (κ1) is 12.9. The van der Waals surface area contributed by atoms with Gasteiger partial charge in [-0.1, -0.05) is 6.58 Å². The molecule has 0 radical (unpaired) electrons. The van der Waals surface area contributed by atoms with Gasteiger partial charge in [-0.3, -0.25) is 4.79 Å². The molecule has 0 spiro atoms. The summed E-state index contributed by atoms with van der Waals surface area (Å²) in [7, 11) is 0. The molecule has 5 nitrogen and oxygen atoms in total. The number of rotatable bonds is 3.